The minimum absolute atomic E-state index is 0.0783. The zero-order chi connectivity index (χ0) is 12.5. The lowest BCUT2D eigenvalue weighted by molar-refractivity contribution is 0.265. The molecule has 1 saturated carbocycles. The SMILES string of the molecule is CC(C)n1ccnc(NCC2(N)CCC2)c1=O. The summed E-state index contributed by atoms with van der Waals surface area (Å²) in [5.41, 5.74) is 5.87. The van der Waals surface area contributed by atoms with Crippen LogP contribution in [0.1, 0.15) is 39.2 Å². The molecule has 0 amide bonds. The number of rotatable bonds is 4. The van der Waals surface area contributed by atoms with Gasteiger partial charge in [0.15, 0.2) is 5.82 Å². The molecule has 1 aromatic heterocycles. The van der Waals surface area contributed by atoms with Crippen molar-refractivity contribution >= 4 is 5.82 Å². The molecule has 3 N–H and O–H groups in total. The summed E-state index contributed by atoms with van der Waals surface area (Å²) in [4.78, 5) is 16.1. The molecule has 1 fully saturated rings. The fourth-order valence-corrected chi connectivity index (χ4v) is 2.02. The van der Waals surface area contributed by atoms with E-state index in [0.29, 0.717) is 12.4 Å². The summed E-state index contributed by atoms with van der Waals surface area (Å²) in [5, 5.41) is 3.08. The van der Waals surface area contributed by atoms with Crippen LogP contribution in [0.3, 0.4) is 0 Å². The van der Waals surface area contributed by atoms with E-state index in [-0.39, 0.29) is 17.1 Å². The van der Waals surface area contributed by atoms with Gasteiger partial charge in [-0.1, -0.05) is 0 Å². The van der Waals surface area contributed by atoms with E-state index in [1.54, 1.807) is 17.0 Å². The lowest BCUT2D eigenvalue weighted by Gasteiger charge is -2.38. The summed E-state index contributed by atoms with van der Waals surface area (Å²) in [6, 6.07) is 0.140. The summed E-state index contributed by atoms with van der Waals surface area (Å²) < 4.78 is 1.67. The molecule has 1 aromatic rings. The molecule has 0 aromatic carbocycles. The Morgan fingerprint density at radius 3 is 2.82 bits per heavy atom. The van der Waals surface area contributed by atoms with E-state index in [1.807, 2.05) is 13.8 Å². The minimum Gasteiger partial charge on any atom is -0.364 e. The average molecular weight is 236 g/mol. The van der Waals surface area contributed by atoms with E-state index >= 15 is 0 Å². The lowest BCUT2D eigenvalue weighted by atomic mass is 9.78. The first-order valence-corrected chi connectivity index (χ1v) is 6.12. The molecule has 5 heteroatoms. The van der Waals surface area contributed by atoms with Crippen molar-refractivity contribution in [2.24, 2.45) is 5.73 Å². The highest BCUT2D eigenvalue weighted by Gasteiger charge is 2.32. The maximum atomic E-state index is 12.0. The molecule has 1 heterocycles. The quantitative estimate of drug-likeness (QED) is 0.821. The molecule has 0 atom stereocenters. The number of hydrogen-bond donors (Lipinski definition) is 2. The molecule has 0 aliphatic heterocycles. The highest BCUT2D eigenvalue weighted by Crippen LogP contribution is 2.28. The number of anilines is 1. The number of nitrogens with one attached hydrogen (secondary N) is 1. The lowest BCUT2D eigenvalue weighted by Crippen LogP contribution is -2.52. The van der Waals surface area contributed by atoms with Gasteiger partial charge in [0, 0.05) is 30.5 Å². The average Bonchev–Trinajstić information content (AvgIpc) is 2.25. The van der Waals surface area contributed by atoms with Crippen molar-refractivity contribution in [3.05, 3.63) is 22.7 Å². The molecule has 0 unspecified atom stereocenters. The summed E-state index contributed by atoms with van der Waals surface area (Å²) in [6.45, 7) is 4.57. The second kappa shape index (κ2) is 4.49. The Morgan fingerprint density at radius 2 is 2.29 bits per heavy atom. The minimum atomic E-state index is -0.146. The van der Waals surface area contributed by atoms with Gasteiger partial charge in [-0.15, -0.1) is 0 Å². The predicted octanol–water partition coefficient (Wildman–Crippen LogP) is 1.12. The first kappa shape index (κ1) is 12.1. The molecule has 0 saturated heterocycles. The van der Waals surface area contributed by atoms with E-state index < -0.39 is 0 Å². The number of nitrogens with zero attached hydrogens (tertiary/aromatic N) is 2. The van der Waals surface area contributed by atoms with Crippen LogP contribution in [0.2, 0.25) is 0 Å². The topological polar surface area (TPSA) is 72.9 Å². The number of hydrogen-bond acceptors (Lipinski definition) is 4. The van der Waals surface area contributed by atoms with Crippen LogP contribution in [0.5, 0.6) is 0 Å². The van der Waals surface area contributed by atoms with Crippen LogP contribution in [-0.4, -0.2) is 21.6 Å². The van der Waals surface area contributed by atoms with E-state index in [0.717, 1.165) is 12.8 Å². The van der Waals surface area contributed by atoms with Gasteiger partial charge in [-0.25, -0.2) is 4.98 Å². The molecule has 17 heavy (non-hydrogen) atoms. The standard InChI is InChI=1S/C12H20N4O/c1-9(2)16-7-6-14-10(11(16)17)15-8-12(13)4-3-5-12/h6-7,9H,3-5,8,13H2,1-2H3,(H,14,15). The van der Waals surface area contributed by atoms with Crippen molar-refractivity contribution < 1.29 is 0 Å². The van der Waals surface area contributed by atoms with E-state index in [2.05, 4.69) is 10.3 Å². The fourth-order valence-electron chi connectivity index (χ4n) is 2.02. The van der Waals surface area contributed by atoms with Gasteiger partial charge in [0.25, 0.3) is 5.56 Å². The van der Waals surface area contributed by atoms with E-state index in [1.165, 1.54) is 6.42 Å². The molecular formula is C12H20N4O. The first-order valence-electron chi connectivity index (χ1n) is 6.12. The Bertz CT molecular complexity index is 448. The van der Waals surface area contributed by atoms with Crippen LogP contribution in [0.15, 0.2) is 17.2 Å². The van der Waals surface area contributed by atoms with Crippen molar-refractivity contribution in [3.8, 4) is 0 Å². The fraction of sp³-hybridized carbons (Fsp3) is 0.667. The van der Waals surface area contributed by atoms with E-state index in [4.69, 9.17) is 5.73 Å². The molecule has 1 aliphatic carbocycles. The molecule has 2 rings (SSSR count). The maximum Gasteiger partial charge on any atom is 0.293 e. The smallest absolute Gasteiger partial charge is 0.293 e. The normalized spacial score (nSPS) is 17.9. The van der Waals surface area contributed by atoms with Gasteiger partial charge in [-0.05, 0) is 33.1 Å². The Hall–Kier alpha value is -1.36. The summed E-state index contributed by atoms with van der Waals surface area (Å²) >= 11 is 0. The number of aromatic nitrogens is 2. The third kappa shape index (κ3) is 2.49. The molecule has 0 radical (unpaired) electrons. The van der Waals surface area contributed by atoms with Crippen molar-refractivity contribution in [1.29, 1.82) is 0 Å². The van der Waals surface area contributed by atoms with Gasteiger partial charge in [-0.2, -0.15) is 0 Å². The number of nitrogens with two attached hydrogens (primary N) is 1. The monoisotopic (exact) mass is 236 g/mol. The van der Waals surface area contributed by atoms with Gasteiger partial charge in [-0.3, -0.25) is 4.79 Å². The zero-order valence-corrected chi connectivity index (χ0v) is 10.4. The second-order valence-corrected chi connectivity index (χ2v) is 5.15. The molecule has 0 spiro atoms. The molecule has 0 bridgehead atoms. The summed E-state index contributed by atoms with van der Waals surface area (Å²) in [5.74, 6) is 0.401. The highest BCUT2D eigenvalue weighted by atomic mass is 16.1. The third-order valence-electron chi connectivity index (χ3n) is 3.38. The Labute approximate surface area is 101 Å². The van der Waals surface area contributed by atoms with Gasteiger partial charge < -0.3 is 15.6 Å². The Morgan fingerprint density at radius 1 is 1.59 bits per heavy atom. The molecule has 94 valence electrons. The summed E-state index contributed by atoms with van der Waals surface area (Å²) in [7, 11) is 0. The Kier molecular flexibility index (Phi) is 3.19. The van der Waals surface area contributed by atoms with E-state index in [9.17, 15) is 4.79 Å². The van der Waals surface area contributed by atoms with Crippen molar-refractivity contribution in [3.63, 3.8) is 0 Å². The predicted molar refractivity (Wildman–Crippen MR) is 68.1 cm³/mol. The van der Waals surface area contributed by atoms with Gasteiger partial charge in [0.05, 0.1) is 0 Å². The Balaban J connectivity index is 2.11. The van der Waals surface area contributed by atoms with Crippen molar-refractivity contribution in [1.82, 2.24) is 9.55 Å². The van der Waals surface area contributed by atoms with Crippen LogP contribution in [-0.2, 0) is 0 Å². The second-order valence-electron chi connectivity index (χ2n) is 5.15. The van der Waals surface area contributed by atoms with Gasteiger partial charge in [0.2, 0.25) is 0 Å². The highest BCUT2D eigenvalue weighted by molar-refractivity contribution is 5.32. The first-order chi connectivity index (χ1) is 8.02. The van der Waals surface area contributed by atoms with Crippen LogP contribution >= 0.6 is 0 Å². The zero-order valence-electron chi connectivity index (χ0n) is 10.4. The largest absolute Gasteiger partial charge is 0.364 e. The maximum absolute atomic E-state index is 12.0. The summed E-state index contributed by atoms with van der Waals surface area (Å²) in [6.07, 6.45) is 6.57. The van der Waals surface area contributed by atoms with Crippen LogP contribution in [0, 0.1) is 0 Å². The third-order valence-corrected chi connectivity index (χ3v) is 3.38. The van der Waals surface area contributed by atoms with Crippen molar-refractivity contribution in [2.45, 2.75) is 44.7 Å². The van der Waals surface area contributed by atoms with Crippen LogP contribution < -0.4 is 16.6 Å². The molecule has 5 nitrogen and oxygen atoms in total. The molecule has 1 aliphatic rings. The van der Waals surface area contributed by atoms with Crippen molar-refractivity contribution in [2.75, 3.05) is 11.9 Å². The van der Waals surface area contributed by atoms with Gasteiger partial charge in [0.1, 0.15) is 0 Å². The molecular weight excluding hydrogens is 216 g/mol. The van der Waals surface area contributed by atoms with Crippen LogP contribution in [0.25, 0.3) is 0 Å². The van der Waals surface area contributed by atoms with Gasteiger partial charge >= 0.3 is 0 Å². The van der Waals surface area contributed by atoms with Crippen LogP contribution in [0.4, 0.5) is 5.82 Å².